The van der Waals surface area contributed by atoms with E-state index in [0.29, 0.717) is 12.5 Å². The molecular formula is C16H27NO2. The topological polar surface area (TPSA) is 41.5 Å². The van der Waals surface area contributed by atoms with E-state index < -0.39 is 0 Å². The molecular weight excluding hydrogens is 238 g/mol. The molecule has 0 aliphatic carbocycles. The molecule has 0 bridgehead atoms. The van der Waals surface area contributed by atoms with E-state index in [1.165, 1.54) is 11.1 Å². The van der Waals surface area contributed by atoms with Gasteiger partial charge in [-0.15, -0.1) is 0 Å². The third kappa shape index (κ3) is 5.62. The van der Waals surface area contributed by atoms with Crippen molar-refractivity contribution in [3.8, 4) is 5.75 Å². The van der Waals surface area contributed by atoms with Crippen LogP contribution in [0.3, 0.4) is 0 Å². The summed E-state index contributed by atoms with van der Waals surface area (Å²) in [6, 6.07) is 6.37. The highest BCUT2D eigenvalue weighted by molar-refractivity contribution is 5.36. The van der Waals surface area contributed by atoms with Crippen LogP contribution in [0.15, 0.2) is 18.2 Å². The van der Waals surface area contributed by atoms with Gasteiger partial charge in [-0.2, -0.15) is 0 Å². The zero-order valence-corrected chi connectivity index (χ0v) is 12.4. The predicted molar refractivity (Wildman–Crippen MR) is 79.8 cm³/mol. The lowest BCUT2D eigenvalue weighted by Crippen LogP contribution is -2.26. The molecule has 108 valence electrons. The quantitative estimate of drug-likeness (QED) is 0.674. The maximum Gasteiger partial charge on any atom is 0.122 e. The van der Waals surface area contributed by atoms with E-state index in [1.54, 1.807) is 0 Å². The number of aliphatic hydroxyl groups excluding tert-OH is 1. The number of aryl methyl sites for hydroxylation is 1. The number of hydrogen-bond acceptors (Lipinski definition) is 3. The number of ether oxygens (including phenoxy) is 1. The molecule has 1 aromatic carbocycles. The first-order valence-corrected chi connectivity index (χ1v) is 7.25. The van der Waals surface area contributed by atoms with Crippen LogP contribution in [0.2, 0.25) is 0 Å². The van der Waals surface area contributed by atoms with Crippen LogP contribution in [0.5, 0.6) is 5.75 Å². The molecule has 0 spiro atoms. The molecule has 19 heavy (non-hydrogen) atoms. The van der Waals surface area contributed by atoms with E-state index in [9.17, 15) is 0 Å². The highest BCUT2D eigenvalue weighted by Crippen LogP contribution is 2.19. The van der Waals surface area contributed by atoms with Crippen molar-refractivity contribution in [2.45, 2.75) is 33.6 Å². The van der Waals surface area contributed by atoms with E-state index >= 15 is 0 Å². The third-order valence-corrected chi connectivity index (χ3v) is 3.40. The molecule has 1 atom stereocenters. The zero-order chi connectivity index (χ0) is 14.1. The summed E-state index contributed by atoms with van der Waals surface area (Å²) in [6.45, 7) is 9.02. The molecule has 3 nitrogen and oxygen atoms in total. The van der Waals surface area contributed by atoms with Gasteiger partial charge in [0.05, 0.1) is 6.61 Å². The standard InChI is InChI=1S/C16H27NO2/c1-4-14(12-18)11-17-9-8-15-6-7-16(19-5-2)13(3)10-15/h6-7,10,14,17-18H,4-5,8-9,11-12H2,1-3H3. The van der Waals surface area contributed by atoms with Crippen LogP contribution in [0.1, 0.15) is 31.4 Å². The van der Waals surface area contributed by atoms with Crippen LogP contribution in [0.25, 0.3) is 0 Å². The van der Waals surface area contributed by atoms with Crippen LogP contribution in [0, 0.1) is 12.8 Å². The number of nitrogens with one attached hydrogen (secondary N) is 1. The Balaban J connectivity index is 2.35. The summed E-state index contributed by atoms with van der Waals surface area (Å²) in [7, 11) is 0. The molecule has 1 rings (SSSR count). The fourth-order valence-electron chi connectivity index (χ4n) is 2.06. The van der Waals surface area contributed by atoms with Crippen molar-refractivity contribution in [1.82, 2.24) is 5.32 Å². The van der Waals surface area contributed by atoms with E-state index in [-0.39, 0.29) is 6.61 Å². The van der Waals surface area contributed by atoms with Gasteiger partial charge >= 0.3 is 0 Å². The lowest BCUT2D eigenvalue weighted by Gasteiger charge is -2.13. The van der Waals surface area contributed by atoms with Gasteiger partial charge < -0.3 is 15.2 Å². The third-order valence-electron chi connectivity index (χ3n) is 3.40. The summed E-state index contributed by atoms with van der Waals surface area (Å²) in [5, 5.41) is 12.5. The van der Waals surface area contributed by atoms with Crippen molar-refractivity contribution in [3.63, 3.8) is 0 Å². The predicted octanol–water partition coefficient (Wildman–Crippen LogP) is 2.54. The smallest absolute Gasteiger partial charge is 0.122 e. The molecule has 0 aromatic heterocycles. The number of benzene rings is 1. The summed E-state index contributed by atoms with van der Waals surface area (Å²) in [4.78, 5) is 0. The molecule has 0 amide bonds. The minimum atomic E-state index is 0.270. The van der Waals surface area contributed by atoms with E-state index in [0.717, 1.165) is 31.7 Å². The van der Waals surface area contributed by atoms with Crippen LogP contribution >= 0.6 is 0 Å². The van der Waals surface area contributed by atoms with Crippen molar-refractivity contribution in [3.05, 3.63) is 29.3 Å². The maximum atomic E-state index is 9.11. The summed E-state index contributed by atoms with van der Waals surface area (Å²) in [5.74, 6) is 1.35. The lowest BCUT2D eigenvalue weighted by molar-refractivity contribution is 0.219. The van der Waals surface area contributed by atoms with E-state index in [4.69, 9.17) is 9.84 Å². The summed E-state index contributed by atoms with van der Waals surface area (Å²) < 4.78 is 5.53. The minimum absolute atomic E-state index is 0.270. The Morgan fingerprint density at radius 2 is 2.11 bits per heavy atom. The Bertz CT molecular complexity index is 362. The zero-order valence-electron chi connectivity index (χ0n) is 12.4. The second-order valence-electron chi connectivity index (χ2n) is 4.94. The van der Waals surface area contributed by atoms with Crippen LogP contribution in [-0.4, -0.2) is 31.4 Å². The fraction of sp³-hybridized carbons (Fsp3) is 0.625. The lowest BCUT2D eigenvalue weighted by atomic mass is 10.1. The van der Waals surface area contributed by atoms with Gasteiger partial charge in [0, 0.05) is 13.2 Å². The van der Waals surface area contributed by atoms with Crippen molar-refractivity contribution < 1.29 is 9.84 Å². The Labute approximate surface area is 117 Å². The Kier molecular flexibility index (Phi) is 7.53. The van der Waals surface area contributed by atoms with Gasteiger partial charge in [0.25, 0.3) is 0 Å². The number of rotatable bonds is 9. The fourth-order valence-corrected chi connectivity index (χ4v) is 2.06. The van der Waals surface area contributed by atoms with Crippen molar-refractivity contribution in [2.24, 2.45) is 5.92 Å². The Morgan fingerprint density at radius 3 is 2.68 bits per heavy atom. The normalized spacial score (nSPS) is 12.4. The van der Waals surface area contributed by atoms with Crippen molar-refractivity contribution >= 4 is 0 Å². The average molecular weight is 265 g/mol. The first-order valence-electron chi connectivity index (χ1n) is 7.25. The monoisotopic (exact) mass is 265 g/mol. The molecule has 2 N–H and O–H groups in total. The molecule has 0 radical (unpaired) electrons. The summed E-state index contributed by atoms with van der Waals surface area (Å²) >= 11 is 0. The van der Waals surface area contributed by atoms with Gasteiger partial charge in [-0.25, -0.2) is 0 Å². The molecule has 0 fully saturated rings. The Morgan fingerprint density at radius 1 is 1.32 bits per heavy atom. The Hall–Kier alpha value is -1.06. The maximum absolute atomic E-state index is 9.11. The second kappa shape index (κ2) is 8.94. The van der Waals surface area contributed by atoms with Crippen LogP contribution < -0.4 is 10.1 Å². The molecule has 1 aromatic rings. The molecule has 0 aliphatic heterocycles. The molecule has 1 unspecified atom stereocenters. The van der Waals surface area contributed by atoms with Gasteiger partial charge in [0.2, 0.25) is 0 Å². The average Bonchev–Trinajstić information content (AvgIpc) is 2.42. The highest BCUT2D eigenvalue weighted by Gasteiger charge is 2.04. The van der Waals surface area contributed by atoms with Gasteiger partial charge in [-0.05, 0) is 56.3 Å². The molecule has 0 heterocycles. The number of aliphatic hydroxyl groups is 1. The van der Waals surface area contributed by atoms with Crippen molar-refractivity contribution in [2.75, 3.05) is 26.3 Å². The molecule has 3 heteroatoms. The van der Waals surface area contributed by atoms with E-state index in [1.807, 2.05) is 6.92 Å². The van der Waals surface area contributed by atoms with Crippen LogP contribution in [0.4, 0.5) is 0 Å². The first-order chi connectivity index (χ1) is 9.21. The molecule has 0 aliphatic rings. The SMILES string of the molecule is CCOc1ccc(CCNCC(CC)CO)cc1C. The van der Waals surface area contributed by atoms with Gasteiger partial charge in [-0.3, -0.25) is 0 Å². The van der Waals surface area contributed by atoms with Gasteiger partial charge in [-0.1, -0.05) is 19.1 Å². The van der Waals surface area contributed by atoms with Crippen LogP contribution in [-0.2, 0) is 6.42 Å². The van der Waals surface area contributed by atoms with Gasteiger partial charge in [0.15, 0.2) is 0 Å². The van der Waals surface area contributed by atoms with E-state index in [2.05, 4.69) is 37.4 Å². The summed E-state index contributed by atoms with van der Waals surface area (Å²) in [5.41, 5.74) is 2.52. The summed E-state index contributed by atoms with van der Waals surface area (Å²) in [6.07, 6.45) is 2.03. The highest BCUT2D eigenvalue weighted by atomic mass is 16.5. The second-order valence-corrected chi connectivity index (χ2v) is 4.94. The molecule has 0 saturated carbocycles. The minimum Gasteiger partial charge on any atom is -0.494 e. The molecule has 0 saturated heterocycles. The van der Waals surface area contributed by atoms with Gasteiger partial charge in [0.1, 0.15) is 5.75 Å². The van der Waals surface area contributed by atoms with Crippen molar-refractivity contribution in [1.29, 1.82) is 0 Å². The number of hydrogen-bond donors (Lipinski definition) is 2. The first kappa shape index (κ1) is 16.0. The largest absolute Gasteiger partial charge is 0.494 e.